The normalized spacial score (nSPS) is 13.4. The summed E-state index contributed by atoms with van der Waals surface area (Å²) in [5.74, 6) is 0.597. The molecule has 1 rings (SSSR count). The molecule has 0 radical (unpaired) electrons. The Kier molecular flexibility index (Phi) is 5.70. The Balaban J connectivity index is 2.75. The third-order valence-corrected chi connectivity index (χ3v) is 3.39. The fourth-order valence-corrected chi connectivity index (χ4v) is 2.60. The maximum Gasteiger partial charge on any atom is 0.240 e. The van der Waals surface area contributed by atoms with Crippen molar-refractivity contribution in [2.75, 3.05) is 13.3 Å². The van der Waals surface area contributed by atoms with E-state index in [1.54, 1.807) is 19.4 Å². The Morgan fingerprint density at radius 3 is 2.60 bits per heavy atom. The highest BCUT2D eigenvalue weighted by molar-refractivity contribution is 7.88. The zero-order valence-corrected chi connectivity index (χ0v) is 13.1. The fourth-order valence-electron chi connectivity index (χ4n) is 1.88. The average molecular weight is 302 g/mol. The zero-order chi connectivity index (χ0) is 15.3. The van der Waals surface area contributed by atoms with Crippen LogP contribution in [0.15, 0.2) is 12.4 Å². The summed E-state index contributed by atoms with van der Waals surface area (Å²) in [6.45, 7) is 4.19. The lowest BCUT2D eigenvalue weighted by atomic mass is 10.0. The first-order chi connectivity index (χ1) is 9.19. The number of hydrogen-bond acceptors (Lipinski definition) is 4. The molecular weight excluding hydrogens is 280 g/mol. The van der Waals surface area contributed by atoms with E-state index in [-0.39, 0.29) is 11.8 Å². The first-order valence-electron chi connectivity index (χ1n) is 6.39. The molecule has 0 aromatic carbocycles. The molecule has 0 aliphatic rings. The SMILES string of the molecule is CC(C)CC(NS(C)(=O)=O)C(=O)N(C)Cc1ncc[nH]1. The van der Waals surface area contributed by atoms with Crippen molar-refractivity contribution >= 4 is 15.9 Å². The van der Waals surface area contributed by atoms with E-state index in [0.29, 0.717) is 18.8 Å². The largest absolute Gasteiger partial charge is 0.347 e. The second-order valence-electron chi connectivity index (χ2n) is 5.30. The summed E-state index contributed by atoms with van der Waals surface area (Å²) in [6.07, 6.45) is 4.79. The quantitative estimate of drug-likeness (QED) is 0.759. The lowest BCUT2D eigenvalue weighted by Gasteiger charge is -2.24. The van der Waals surface area contributed by atoms with Crippen LogP contribution in [0.1, 0.15) is 26.1 Å². The number of carbonyl (C=O) groups is 1. The lowest BCUT2D eigenvalue weighted by molar-refractivity contribution is -0.132. The minimum atomic E-state index is -3.43. The minimum absolute atomic E-state index is 0.204. The third-order valence-electron chi connectivity index (χ3n) is 2.68. The van der Waals surface area contributed by atoms with Gasteiger partial charge >= 0.3 is 0 Å². The maximum atomic E-state index is 12.3. The molecule has 0 saturated heterocycles. The van der Waals surface area contributed by atoms with E-state index in [4.69, 9.17) is 0 Å². The number of aromatic nitrogens is 2. The minimum Gasteiger partial charge on any atom is -0.347 e. The number of aromatic amines is 1. The van der Waals surface area contributed by atoms with Crippen molar-refractivity contribution in [2.45, 2.75) is 32.9 Å². The number of amides is 1. The van der Waals surface area contributed by atoms with Gasteiger partial charge < -0.3 is 9.88 Å². The molecule has 1 unspecified atom stereocenters. The molecule has 0 fully saturated rings. The molecule has 1 aromatic heterocycles. The molecule has 0 saturated carbocycles. The van der Waals surface area contributed by atoms with Crippen LogP contribution in [0.3, 0.4) is 0 Å². The molecule has 1 amide bonds. The molecule has 0 spiro atoms. The van der Waals surface area contributed by atoms with Gasteiger partial charge in [-0.1, -0.05) is 13.8 Å². The highest BCUT2D eigenvalue weighted by atomic mass is 32.2. The molecule has 2 N–H and O–H groups in total. The number of hydrogen-bond donors (Lipinski definition) is 2. The van der Waals surface area contributed by atoms with Gasteiger partial charge in [0.2, 0.25) is 15.9 Å². The first-order valence-corrected chi connectivity index (χ1v) is 8.28. The predicted octanol–water partition coefficient (Wildman–Crippen LogP) is 0.332. The number of imidazole rings is 1. The van der Waals surface area contributed by atoms with Crippen LogP contribution in [0.4, 0.5) is 0 Å². The van der Waals surface area contributed by atoms with Crippen molar-refractivity contribution in [3.05, 3.63) is 18.2 Å². The fraction of sp³-hybridized carbons (Fsp3) is 0.667. The zero-order valence-electron chi connectivity index (χ0n) is 12.3. The Morgan fingerprint density at radius 2 is 2.15 bits per heavy atom. The summed E-state index contributed by atoms with van der Waals surface area (Å²) >= 11 is 0. The van der Waals surface area contributed by atoms with Crippen molar-refractivity contribution in [1.29, 1.82) is 0 Å². The van der Waals surface area contributed by atoms with Crippen molar-refractivity contribution in [3.8, 4) is 0 Å². The summed E-state index contributed by atoms with van der Waals surface area (Å²) in [5.41, 5.74) is 0. The summed E-state index contributed by atoms with van der Waals surface area (Å²) in [5, 5.41) is 0. The van der Waals surface area contributed by atoms with Crippen molar-refractivity contribution in [1.82, 2.24) is 19.6 Å². The average Bonchev–Trinajstić information content (AvgIpc) is 2.77. The molecule has 7 nitrogen and oxygen atoms in total. The van der Waals surface area contributed by atoms with Crippen LogP contribution in [0, 0.1) is 5.92 Å². The van der Waals surface area contributed by atoms with E-state index < -0.39 is 16.1 Å². The third kappa shape index (κ3) is 5.70. The van der Waals surface area contributed by atoms with Gasteiger partial charge in [0, 0.05) is 19.4 Å². The second-order valence-corrected chi connectivity index (χ2v) is 7.08. The first kappa shape index (κ1) is 16.6. The van der Waals surface area contributed by atoms with E-state index in [9.17, 15) is 13.2 Å². The summed E-state index contributed by atoms with van der Waals surface area (Å²) in [7, 11) is -1.80. The van der Waals surface area contributed by atoms with Crippen LogP contribution in [-0.2, 0) is 21.4 Å². The van der Waals surface area contributed by atoms with E-state index >= 15 is 0 Å². The van der Waals surface area contributed by atoms with E-state index in [1.807, 2.05) is 13.8 Å². The van der Waals surface area contributed by atoms with Gasteiger partial charge in [-0.15, -0.1) is 0 Å². The Labute approximate surface area is 119 Å². The topological polar surface area (TPSA) is 95.2 Å². The van der Waals surface area contributed by atoms with Crippen LogP contribution in [-0.4, -0.2) is 48.5 Å². The Bertz CT molecular complexity index is 525. The number of sulfonamides is 1. The predicted molar refractivity (Wildman–Crippen MR) is 76.3 cm³/mol. The molecule has 20 heavy (non-hydrogen) atoms. The number of H-pyrrole nitrogens is 1. The van der Waals surface area contributed by atoms with Crippen molar-refractivity contribution < 1.29 is 13.2 Å². The van der Waals surface area contributed by atoms with Gasteiger partial charge in [0.15, 0.2) is 0 Å². The number of nitrogens with zero attached hydrogens (tertiary/aromatic N) is 2. The van der Waals surface area contributed by atoms with E-state index in [2.05, 4.69) is 14.7 Å². The Hall–Kier alpha value is -1.41. The number of likely N-dealkylation sites (N-methyl/N-ethyl adjacent to an activating group) is 1. The maximum absolute atomic E-state index is 12.3. The smallest absolute Gasteiger partial charge is 0.240 e. The highest BCUT2D eigenvalue weighted by Gasteiger charge is 2.26. The van der Waals surface area contributed by atoms with Gasteiger partial charge in [0.25, 0.3) is 0 Å². The monoisotopic (exact) mass is 302 g/mol. The van der Waals surface area contributed by atoms with Gasteiger partial charge in [-0.2, -0.15) is 0 Å². The van der Waals surface area contributed by atoms with Crippen LogP contribution in [0.2, 0.25) is 0 Å². The second kappa shape index (κ2) is 6.85. The molecule has 0 aliphatic carbocycles. The lowest BCUT2D eigenvalue weighted by Crippen LogP contribution is -2.47. The number of nitrogens with one attached hydrogen (secondary N) is 2. The van der Waals surface area contributed by atoms with E-state index in [0.717, 1.165) is 6.26 Å². The van der Waals surface area contributed by atoms with Gasteiger partial charge in [-0.3, -0.25) is 4.79 Å². The van der Waals surface area contributed by atoms with Crippen molar-refractivity contribution in [2.24, 2.45) is 5.92 Å². The van der Waals surface area contributed by atoms with Crippen LogP contribution in [0.25, 0.3) is 0 Å². The molecule has 1 atom stereocenters. The standard InChI is InChI=1S/C12H22N4O3S/c1-9(2)7-10(15-20(4,18)19)12(17)16(3)8-11-13-5-6-14-11/h5-6,9-10,15H,7-8H2,1-4H3,(H,13,14). The van der Waals surface area contributed by atoms with Gasteiger partial charge in [0.05, 0.1) is 12.8 Å². The molecule has 8 heteroatoms. The van der Waals surface area contributed by atoms with Crippen molar-refractivity contribution in [3.63, 3.8) is 0 Å². The van der Waals surface area contributed by atoms with Gasteiger partial charge in [-0.25, -0.2) is 18.1 Å². The molecule has 0 aliphatic heterocycles. The van der Waals surface area contributed by atoms with Gasteiger partial charge in [-0.05, 0) is 12.3 Å². The summed E-state index contributed by atoms with van der Waals surface area (Å²) in [6, 6.07) is -0.745. The summed E-state index contributed by atoms with van der Waals surface area (Å²) < 4.78 is 25.1. The highest BCUT2D eigenvalue weighted by Crippen LogP contribution is 2.09. The molecule has 114 valence electrons. The van der Waals surface area contributed by atoms with Crippen LogP contribution >= 0.6 is 0 Å². The Morgan fingerprint density at radius 1 is 1.50 bits per heavy atom. The van der Waals surface area contributed by atoms with Crippen LogP contribution in [0.5, 0.6) is 0 Å². The number of rotatable bonds is 7. The van der Waals surface area contributed by atoms with E-state index in [1.165, 1.54) is 4.90 Å². The van der Waals surface area contributed by atoms with Gasteiger partial charge in [0.1, 0.15) is 11.9 Å². The van der Waals surface area contributed by atoms with Crippen LogP contribution < -0.4 is 4.72 Å². The summed E-state index contributed by atoms with van der Waals surface area (Å²) in [4.78, 5) is 20.8. The molecule has 0 bridgehead atoms. The molecular formula is C12H22N4O3S. The molecule has 1 aromatic rings. The molecule has 1 heterocycles. The number of carbonyl (C=O) groups excluding carboxylic acids is 1.